The third kappa shape index (κ3) is 0.737. The number of fused-ring (bicyclic) bond motifs is 1. The highest BCUT2D eigenvalue weighted by Crippen LogP contribution is 2.43. The zero-order chi connectivity index (χ0) is 8.01. The van der Waals surface area contributed by atoms with E-state index in [0.717, 1.165) is 0 Å². The molecule has 3 heteroatoms. The number of carbonyl (C=O) groups is 2. The first-order chi connectivity index (χ1) is 5.20. The summed E-state index contributed by atoms with van der Waals surface area (Å²) >= 11 is 0. The van der Waals surface area contributed by atoms with Crippen molar-refractivity contribution in [3.05, 3.63) is 12.2 Å². The highest BCUT2D eigenvalue weighted by Gasteiger charge is 2.48. The standard InChI is InChI=1S/C8H8O3/c9-6-3-4-1-2-5(7(4)6)8(10)11/h1-2,4-5,7H,3H2,(H,10,11)/t4-,5+,7+/m0/s1. The number of carboxylic acids is 1. The molecule has 0 spiro atoms. The highest BCUT2D eigenvalue weighted by molar-refractivity contribution is 5.94. The normalized spacial score (nSPS) is 40.0. The molecular formula is C8H8O3. The van der Waals surface area contributed by atoms with Crippen molar-refractivity contribution in [1.29, 1.82) is 0 Å². The van der Waals surface area contributed by atoms with Gasteiger partial charge in [-0.3, -0.25) is 9.59 Å². The number of hydrogen-bond acceptors (Lipinski definition) is 2. The summed E-state index contributed by atoms with van der Waals surface area (Å²) in [5.74, 6) is -1.31. The minimum Gasteiger partial charge on any atom is -0.481 e. The van der Waals surface area contributed by atoms with Crippen molar-refractivity contribution in [2.75, 3.05) is 0 Å². The second kappa shape index (κ2) is 1.94. The summed E-state index contributed by atoms with van der Waals surface area (Å²) in [6.45, 7) is 0. The summed E-state index contributed by atoms with van der Waals surface area (Å²) < 4.78 is 0. The number of Topliss-reactive ketones (excluding diaryl/α,β-unsaturated/α-hetero) is 1. The molecule has 2 rings (SSSR count). The van der Waals surface area contributed by atoms with Crippen LogP contribution in [-0.2, 0) is 9.59 Å². The molecule has 2 aliphatic rings. The van der Waals surface area contributed by atoms with Crippen molar-refractivity contribution in [1.82, 2.24) is 0 Å². The Morgan fingerprint density at radius 2 is 2.27 bits per heavy atom. The third-order valence-electron chi connectivity index (χ3n) is 2.51. The van der Waals surface area contributed by atoms with Crippen LogP contribution in [0, 0.1) is 17.8 Å². The van der Waals surface area contributed by atoms with E-state index in [9.17, 15) is 9.59 Å². The molecule has 0 aromatic carbocycles. The summed E-state index contributed by atoms with van der Waals surface area (Å²) in [5.41, 5.74) is 0. The van der Waals surface area contributed by atoms with Crippen LogP contribution in [-0.4, -0.2) is 16.9 Å². The Morgan fingerprint density at radius 3 is 2.73 bits per heavy atom. The molecule has 0 amide bonds. The Morgan fingerprint density at radius 1 is 1.55 bits per heavy atom. The van der Waals surface area contributed by atoms with E-state index in [-0.39, 0.29) is 17.6 Å². The van der Waals surface area contributed by atoms with Crippen molar-refractivity contribution in [3.63, 3.8) is 0 Å². The van der Waals surface area contributed by atoms with E-state index >= 15 is 0 Å². The van der Waals surface area contributed by atoms with Crippen LogP contribution in [0.3, 0.4) is 0 Å². The lowest BCUT2D eigenvalue weighted by molar-refractivity contribution is -0.148. The average Bonchev–Trinajstić information content (AvgIpc) is 2.25. The first kappa shape index (κ1) is 6.58. The molecule has 1 saturated carbocycles. The van der Waals surface area contributed by atoms with Gasteiger partial charge >= 0.3 is 5.97 Å². The fraction of sp³-hybridized carbons (Fsp3) is 0.500. The van der Waals surface area contributed by atoms with Crippen LogP contribution in [0.5, 0.6) is 0 Å². The minimum atomic E-state index is -0.873. The molecule has 0 unspecified atom stereocenters. The summed E-state index contributed by atoms with van der Waals surface area (Å²) in [6.07, 6.45) is 4.04. The van der Waals surface area contributed by atoms with Crippen LogP contribution in [0.25, 0.3) is 0 Å². The molecule has 0 bridgehead atoms. The summed E-state index contributed by atoms with van der Waals surface area (Å²) in [7, 11) is 0. The maximum Gasteiger partial charge on any atom is 0.311 e. The summed E-state index contributed by atoms with van der Waals surface area (Å²) in [4.78, 5) is 21.5. The molecule has 0 aromatic heterocycles. The lowest BCUT2D eigenvalue weighted by Gasteiger charge is -2.30. The average molecular weight is 152 g/mol. The zero-order valence-corrected chi connectivity index (χ0v) is 5.86. The van der Waals surface area contributed by atoms with E-state index in [1.165, 1.54) is 0 Å². The van der Waals surface area contributed by atoms with Gasteiger partial charge in [-0.15, -0.1) is 0 Å². The van der Waals surface area contributed by atoms with Gasteiger partial charge in [0.25, 0.3) is 0 Å². The van der Waals surface area contributed by atoms with Crippen LogP contribution in [0.1, 0.15) is 6.42 Å². The van der Waals surface area contributed by atoms with Gasteiger partial charge in [-0.2, -0.15) is 0 Å². The number of hydrogen-bond donors (Lipinski definition) is 1. The van der Waals surface area contributed by atoms with Crippen molar-refractivity contribution >= 4 is 11.8 Å². The molecule has 1 fully saturated rings. The smallest absolute Gasteiger partial charge is 0.311 e. The second-order valence-corrected chi connectivity index (χ2v) is 3.11. The van der Waals surface area contributed by atoms with Gasteiger partial charge in [0.1, 0.15) is 5.78 Å². The predicted molar refractivity (Wildman–Crippen MR) is 36.9 cm³/mol. The van der Waals surface area contributed by atoms with Crippen molar-refractivity contribution in [2.45, 2.75) is 6.42 Å². The Bertz CT molecular complexity index is 254. The number of rotatable bonds is 1. The van der Waals surface area contributed by atoms with Crippen molar-refractivity contribution in [2.24, 2.45) is 17.8 Å². The minimum absolute atomic E-state index is 0.104. The first-order valence-corrected chi connectivity index (χ1v) is 3.64. The van der Waals surface area contributed by atoms with Gasteiger partial charge < -0.3 is 5.11 Å². The maximum atomic E-state index is 10.9. The lowest BCUT2D eigenvalue weighted by Crippen LogP contribution is -2.39. The molecule has 0 aliphatic heterocycles. The molecule has 0 radical (unpaired) electrons. The quantitative estimate of drug-likeness (QED) is 0.555. The van der Waals surface area contributed by atoms with E-state index in [4.69, 9.17) is 5.11 Å². The summed E-state index contributed by atoms with van der Waals surface area (Å²) in [5, 5.41) is 8.65. The van der Waals surface area contributed by atoms with Crippen molar-refractivity contribution < 1.29 is 14.7 Å². The number of aliphatic carboxylic acids is 1. The van der Waals surface area contributed by atoms with Gasteiger partial charge in [0, 0.05) is 12.3 Å². The molecule has 58 valence electrons. The molecule has 3 nitrogen and oxygen atoms in total. The third-order valence-corrected chi connectivity index (χ3v) is 2.51. The van der Waals surface area contributed by atoms with Gasteiger partial charge in [-0.25, -0.2) is 0 Å². The molecule has 3 atom stereocenters. The molecule has 0 saturated heterocycles. The molecule has 0 heterocycles. The highest BCUT2D eigenvalue weighted by atomic mass is 16.4. The van der Waals surface area contributed by atoms with Crippen LogP contribution in [0.4, 0.5) is 0 Å². The lowest BCUT2D eigenvalue weighted by atomic mass is 9.71. The number of allylic oxidation sites excluding steroid dienone is 1. The fourth-order valence-electron chi connectivity index (χ4n) is 1.85. The number of ketones is 1. The molecule has 11 heavy (non-hydrogen) atoms. The van der Waals surface area contributed by atoms with E-state index < -0.39 is 11.9 Å². The fourth-order valence-corrected chi connectivity index (χ4v) is 1.85. The largest absolute Gasteiger partial charge is 0.481 e. The number of carbonyl (C=O) groups excluding carboxylic acids is 1. The van der Waals surface area contributed by atoms with Crippen LogP contribution in [0.15, 0.2) is 12.2 Å². The predicted octanol–water partition coefficient (Wildman–Crippen LogP) is 0.462. The van der Waals surface area contributed by atoms with Crippen LogP contribution >= 0.6 is 0 Å². The van der Waals surface area contributed by atoms with Gasteiger partial charge in [0.15, 0.2) is 0 Å². The van der Waals surface area contributed by atoms with E-state index in [1.807, 2.05) is 6.08 Å². The van der Waals surface area contributed by atoms with Gasteiger partial charge in [-0.1, -0.05) is 12.2 Å². The van der Waals surface area contributed by atoms with E-state index in [2.05, 4.69) is 0 Å². The Labute approximate surface area is 63.7 Å². The number of carboxylic acid groups (broad SMARTS) is 1. The molecule has 1 N–H and O–H groups in total. The molecule has 2 aliphatic carbocycles. The SMILES string of the molecule is O=C1C[C@@H]2C=C[C@@H](C(=O)O)[C@H]12. The van der Waals surface area contributed by atoms with Gasteiger partial charge in [0.2, 0.25) is 0 Å². The Balaban J connectivity index is 2.20. The van der Waals surface area contributed by atoms with E-state index in [1.54, 1.807) is 6.08 Å². The molecule has 0 aromatic rings. The summed E-state index contributed by atoms with van der Waals surface area (Å²) in [6, 6.07) is 0. The van der Waals surface area contributed by atoms with Gasteiger partial charge in [-0.05, 0) is 5.92 Å². The van der Waals surface area contributed by atoms with Crippen LogP contribution < -0.4 is 0 Å². The monoisotopic (exact) mass is 152 g/mol. The Hall–Kier alpha value is -1.12. The van der Waals surface area contributed by atoms with Gasteiger partial charge in [0.05, 0.1) is 5.92 Å². The Kier molecular flexibility index (Phi) is 1.16. The second-order valence-electron chi connectivity index (χ2n) is 3.11. The van der Waals surface area contributed by atoms with Crippen LogP contribution in [0.2, 0.25) is 0 Å². The maximum absolute atomic E-state index is 10.9. The van der Waals surface area contributed by atoms with Crippen molar-refractivity contribution in [3.8, 4) is 0 Å². The van der Waals surface area contributed by atoms with E-state index in [0.29, 0.717) is 6.42 Å². The topological polar surface area (TPSA) is 54.4 Å². The zero-order valence-electron chi connectivity index (χ0n) is 5.86. The molecular weight excluding hydrogens is 144 g/mol. The first-order valence-electron chi connectivity index (χ1n) is 3.64.